The zero-order chi connectivity index (χ0) is 27.5. The molecule has 0 saturated heterocycles. The standard InChI is InChI=1S/C34H44N2O2/c1-6-7-22-35-33(38)31(24-28-13-9-8-10-14-28)36(25-29-15-11-12-26(2)23-29)32(37)21-18-27-16-19-30(20-17-27)34(3,4)5/h8-17,19-20,23,31H,6-7,18,21-22,24-25H2,1-5H3,(H,35,38). The van der Waals surface area contributed by atoms with E-state index in [2.05, 4.69) is 76.3 Å². The van der Waals surface area contributed by atoms with Gasteiger partial charge in [0.2, 0.25) is 11.8 Å². The molecule has 4 nitrogen and oxygen atoms in total. The summed E-state index contributed by atoms with van der Waals surface area (Å²) in [6, 6.07) is 26.2. The summed E-state index contributed by atoms with van der Waals surface area (Å²) in [5, 5.41) is 3.10. The molecule has 3 rings (SSSR count). The maximum atomic E-state index is 13.8. The molecule has 3 aromatic carbocycles. The van der Waals surface area contributed by atoms with E-state index in [0.29, 0.717) is 32.4 Å². The van der Waals surface area contributed by atoms with Crippen LogP contribution in [0.15, 0.2) is 78.9 Å². The normalized spacial score (nSPS) is 12.1. The van der Waals surface area contributed by atoms with Crippen molar-refractivity contribution in [3.05, 3.63) is 107 Å². The Morgan fingerprint density at radius 3 is 2.18 bits per heavy atom. The lowest BCUT2D eigenvalue weighted by Gasteiger charge is -2.32. The summed E-state index contributed by atoms with van der Waals surface area (Å²) in [7, 11) is 0. The molecular formula is C34H44N2O2. The van der Waals surface area contributed by atoms with Crippen LogP contribution in [-0.4, -0.2) is 29.3 Å². The van der Waals surface area contributed by atoms with Gasteiger partial charge in [0.05, 0.1) is 0 Å². The number of aryl methyl sites for hydroxylation is 2. The molecule has 0 aliphatic carbocycles. The summed E-state index contributed by atoms with van der Waals surface area (Å²) in [4.78, 5) is 29.2. The number of unbranched alkanes of at least 4 members (excludes halogenated alkanes) is 1. The second-order valence-electron chi connectivity index (χ2n) is 11.3. The van der Waals surface area contributed by atoms with Gasteiger partial charge in [0.25, 0.3) is 0 Å². The van der Waals surface area contributed by atoms with E-state index >= 15 is 0 Å². The van der Waals surface area contributed by atoms with Gasteiger partial charge in [-0.05, 0) is 47.4 Å². The van der Waals surface area contributed by atoms with Gasteiger partial charge in [0, 0.05) is 25.9 Å². The first-order valence-corrected chi connectivity index (χ1v) is 13.9. The van der Waals surface area contributed by atoms with Gasteiger partial charge in [-0.3, -0.25) is 9.59 Å². The first-order chi connectivity index (χ1) is 18.2. The molecule has 0 aliphatic heterocycles. The van der Waals surface area contributed by atoms with Crippen molar-refractivity contribution in [3.8, 4) is 0 Å². The van der Waals surface area contributed by atoms with Gasteiger partial charge in [-0.25, -0.2) is 0 Å². The highest BCUT2D eigenvalue weighted by atomic mass is 16.2. The Kier molecular flexibility index (Phi) is 10.7. The second-order valence-corrected chi connectivity index (χ2v) is 11.3. The van der Waals surface area contributed by atoms with E-state index < -0.39 is 6.04 Å². The average Bonchev–Trinajstić information content (AvgIpc) is 2.89. The fraction of sp³-hybridized carbons (Fsp3) is 0.412. The van der Waals surface area contributed by atoms with Crippen molar-refractivity contribution in [2.24, 2.45) is 0 Å². The van der Waals surface area contributed by atoms with E-state index in [1.165, 1.54) is 5.56 Å². The summed E-state index contributed by atoms with van der Waals surface area (Å²) in [6.07, 6.45) is 3.40. The molecule has 0 aliphatic rings. The van der Waals surface area contributed by atoms with E-state index in [4.69, 9.17) is 0 Å². The number of benzene rings is 3. The van der Waals surface area contributed by atoms with Crippen LogP contribution >= 0.6 is 0 Å². The lowest BCUT2D eigenvalue weighted by molar-refractivity contribution is -0.141. The van der Waals surface area contributed by atoms with Crippen molar-refractivity contribution in [3.63, 3.8) is 0 Å². The number of nitrogens with zero attached hydrogens (tertiary/aromatic N) is 1. The van der Waals surface area contributed by atoms with Gasteiger partial charge in [-0.15, -0.1) is 0 Å². The molecule has 2 amide bonds. The third-order valence-electron chi connectivity index (χ3n) is 6.98. The molecule has 1 N–H and O–H groups in total. The minimum atomic E-state index is -0.578. The Morgan fingerprint density at radius 1 is 0.868 bits per heavy atom. The number of carbonyl (C=O) groups is 2. The Labute approximate surface area is 229 Å². The van der Waals surface area contributed by atoms with Crippen molar-refractivity contribution in [1.82, 2.24) is 10.2 Å². The van der Waals surface area contributed by atoms with Crippen LogP contribution in [0.25, 0.3) is 0 Å². The van der Waals surface area contributed by atoms with Crippen LogP contribution in [-0.2, 0) is 34.4 Å². The van der Waals surface area contributed by atoms with Crippen molar-refractivity contribution in [1.29, 1.82) is 0 Å². The predicted molar refractivity (Wildman–Crippen MR) is 157 cm³/mol. The molecule has 4 heteroatoms. The van der Waals surface area contributed by atoms with Crippen LogP contribution in [0, 0.1) is 6.92 Å². The van der Waals surface area contributed by atoms with E-state index in [9.17, 15) is 9.59 Å². The molecule has 0 heterocycles. The first kappa shape index (κ1) is 29.2. The van der Waals surface area contributed by atoms with Gasteiger partial charge in [0.1, 0.15) is 6.04 Å². The van der Waals surface area contributed by atoms with Gasteiger partial charge in [-0.1, -0.05) is 119 Å². The van der Waals surface area contributed by atoms with E-state index in [0.717, 1.165) is 35.1 Å². The molecule has 202 valence electrons. The molecule has 0 saturated carbocycles. The van der Waals surface area contributed by atoms with Crippen molar-refractivity contribution < 1.29 is 9.59 Å². The maximum absolute atomic E-state index is 13.8. The maximum Gasteiger partial charge on any atom is 0.243 e. The smallest absolute Gasteiger partial charge is 0.243 e. The molecule has 3 aromatic rings. The Morgan fingerprint density at radius 2 is 1.55 bits per heavy atom. The van der Waals surface area contributed by atoms with Crippen molar-refractivity contribution in [2.75, 3.05) is 6.54 Å². The molecule has 0 bridgehead atoms. The van der Waals surface area contributed by atoms with Crippen molar-refractivity contribution >= 4 is 11.8 Å². The number of hydrogen-bond acceptors (Lipinski definition) is 2. The summed E-state index contributed by atoms with van der Waals surface area (Å²) in [5.41, 5.74) is 5.72. The number of carbonyl (C=O) groups excluding carboxylic acids is 2. The van der Waals surface area contributed by atoms with Crippen LogP contribution in [0.1, 0.15) is 74.8 Å². The monoisotopic (exact) mass is 512 g/mol. The fourth-order valence-corrected chi connectivity index (χ4v) is 4.63. The summed E-state index contributed by atoms with van der Waals surface area (Å²) < 4.78 is 0. The second kappa shape index (κ2) is 13.9. The highest BCUT2D eigenvalue weighted by molar-refractivity contribution is 5.88. The predicted octanol–water partition coefficient (Wildman–Crippen LogP) is 6.78. The first-order valence-electron chi connectivity index (χ1n) is 13.9. The molecule has 0 aromatic heterocycles. The Balaban J connectivity index is 1.86. The zero-order valence-electron chi connectivity index (χ0n) is 23.8. The van der Waals surface area contributed by atoms with Crippen LogP contribution in [0.2, 0.25) is 0 Å². The van der Waals surface area contributed by atoms with Crippen LogP contribution < -0.4 is 5.32 Å². The lowest BCUT2D eigenvalue weighted by Crippen LogP contribution is -2.50. The van der Waals surface area contributed by atoms with E-state index in [1.54, 1.807) is 4.90 Å². The molecule has 0 fully saturated rings. The summed E-state index contributed by atoms with van der Waals surface area (Å²) >= 11 is 0. The zero-order valence-corrected chi connectivity index (χ0v) is 23.8. The van der Waals surface area contributed by atoms with E-state index in [-0.39, 0.29) is 17.2 Å². The highest BCUT2D eigenvalue weighted by Gasteiger charge is 2.30. The largest absolute Gasteiger partial charge is 0.354 e. The molecular weight excluding hydrogens is 468 g/mol. The molecule has 1 unspecified atom stereocenters. The Hall–Kier alpha value is -3.40. The fourth-order valence-electron chi connectivity index (χ4n) is 4.63. The topological polar surface area (TPSA) is 49.4 Å². The lowest BCUT2D eigenvalue weighted by atomic mass is 9.86. The quantitative estimate of drug-likeness (QED) is 0.272. The Bertz CT molecular complexity index is 1160. The number of nitrogens with one attached hydrogen (secondary N) is 1. The summed E-state index contributed by atoms with van der Waals surface area (Å²) in [5.74, 6) is -0.0872. The van der Waals surface area contributed by atoms with Gasteiger partial charge < -0.3 is 10.2 Å². The summed E-state index contributed by atoms with van der Waals surface area (Å²) in [6.45, 7) is 11.8. The number of rotatable bonds is 12. The van der Waals surface area contributed by atoms with Crippen LogP contribution in [0.4, 0.5) is 0 Å². The molecule has 1 atom stereocenters. The third kappa shape index (κ3) is 8.86. The minimum Gasteiger partial charge on any atom is -0.354 e. The number of hydrogen-bond donors (Lipinski definition) is 1. The van der Waals surface area contributed by atoms with E-state index in [1.807, 2.05) is 42.5 Å². The minimum absolute atomic E-state index is 0.00187. The van der Waals surface area contributed by atoms with Crippen LogP contribution in [0.5, 0.6) is 0 Å². The van der Waals surface area contributed by atoms with Crippen LogP contribution in [0.3, 0.4) is 0 Å². The average molecular weight is 513 g/mol. The number of amides is 2. The third-order valence-corrected chi connectivity index (χ3v) is 6.98. The van der Waals surface area contributed by atoms with Crippen molar-refractivity contribution in [2.45, 2.75) is 84.7 Å². The molecule has 38 heavy (non-hydrogen) atoms. The SMILES string of the molecule is CCCCNC(=O)C(Cc1ccccc1)N(Cc1cccc(C)c1)C(=O)CCc1ccc(C(C)(C)C)cc1. The van der Waals surface area contributed by atoms with Gasteiger partial charge in [0.15, 0.2) is 0 Å². The molecule has 0 spiro atoms. The van der Waals surface area contributed by atoms with Gasteiger partial charge >= 0.3 is 0 Å². The highest BCUT2D eigenvalue weighted by Crippen LogP contribution is 2.23. The molecule has 0 radical (unpaired) electrons. The van der Waals surface area contributed by atoms with Gasteiger partial charge in [-0.2, -0.15) is 0 Å².